The first kappa shape index (κ1) is 14.0. The summed E-state index contributed by atoms with van der Waals surface area (Å²) in [5.41, 5.74) is 0.569. The zero-order chi connectivity index (χ0) is 12.0. The standard InChI is InChI=1S/C14H30N2/c1-5-15-11-13(2)12-16-9-6-7-14(3,4)8-10-16/h13,15H,5-12H2,1-4H3. The fourth-order valence-electron chi connectivity index (χ4n) is 2.56. The molecule has 1 aliphatic rings. The minimum absolute atomic E-state index is 0.569. The average Bonchev–Trinajstić information content (AvgIpc) is 2.37. The monoisotopic (exact) mass is 226 g/mol. The highest BCUT2D eigenvalue weighted by atomic mass is 15.1. The molecule has 1 saturated heterocycles. The molecular weight excluding hydrogens is 196 g/mol. The molecular formula is C14H30N2. The van der Waals surface area contributed by atoms with Crippen molar-refractivity contribution in [1.29, 1.82) is 0 Å². The summed E-state index contributed by atoms with van der Waals surface area (Å²) >= 11 is 0. The summed E-state index contributed by atoms with van der Waals surface area (Å²) < 4.78 is 0. The van der Waals surface area contributed by atoms with Crippen LogP contribution in [0.4, 0.5) is 0 Å². The van der Waals surface area contributed by atoms with Gasteiger partial charge in [0.2, 0.25) is 0 Å². The second-order valence-corrected chi connectivity index (χ2v) is 6.23. The quantitative estimate of drug-likeness (QED) is 0.775. The zero-order valence-corrected chi connectivity index (χ0v) is 11.7. The van der Waals surface area contributed by atoms with Gasteiger partial charge in [0, 0.05) is 6.54 Å². The summed E-state index contributed by atoms with van der Waals surface area (Å²) in [6.07, 6.45) is 4.13. The average molecular weight is 226 g/mol. The number of nitrogens with zero attached hydrogens (tertiary/aromatic N) is 1. The number of hydrogen-bond donors (Lipinski definition) is 1. The number of likely N-dealkylation sites (tertiary alicyclic amines) is 1. The Morgan fingerprint density at radius 1 is 1.25 bits per heavy atom. The van der Waals surface area contributed by atoms with Crippen LogP contribution in [0.3, 0.4) is 0 Å². The number of hydrogen-bond acceptors (Lipinski definition) is 2. The molecule has 1 fully saturated rings. The Morgan fingerprint density at radius 3 is 2.69 bits per heavy atom. The van der Waals surface area contributed by atoms with Crippen LogP contribution < -0.4 is 5.32 Å². The van der Waals surface area contributed by atoms with Crippen LogP contribution >= 0.6 is 0 Å². The van der Waals surface area contributed by atoms with E-state index in [0.717, 1.165) is 19.0 Å². The molecule has 0 aromatic rings. The van der Waals surface area contributed by atoms with Crippen molar-refractivity contribution in [3.05, 3.63) is 0 Å². The van der Waals surface area contributed by atoms with E-state index in [1.807, 2.05) is 0 Å². The summed E-state index contributed by atoms with van der Waals surface area (Å²) in [6.45, 7) is 15.5. The minimum atomic E-state index is 0.569. The Morgan fingerprint density at radius 2 is 2.00 bits per heavy atom. The van der Waals surface area contributed by atoms with Crippen LogP contribution in [0.1, 0.15) is 47.0 Å². The summed E-state index contributed by atoms with van der Waals surface area (Å²) in [7, 11) is 0. The lowest BCUT2D eigenvalue weighted by Gasteiger charge is -2.25. The van der Waals surface area contributed by atoms with Gasteiger partial charge in [-0.15, -0.1) is 0 Å². The van der Waals surface area contributed by atoms with E-state index in [1.165, 1.54) is 38.9 Å². The predicted molar refractivity (Wildman–Crippen MR) is 71.8 cm³/mol. The Kier molecular flexibility index (Phi) is 5.77. The molecule has 0 saturated carbocycles. The molecule has 1 atom stereocenters. The van der Waals surface area contributed by atoms with Crippen LogP contribution in [0.2, 0.25) is 0 Å². The molecule has 1 rings (SSSR count). The van der Waals surface area contributed by atoms with E-state index in [2.05, 4.69) is 37.9 Å². The summed E-state index contributed by atoms with van der Waals surface area (Å²) in [5.74, 6) is 0.779. The number of nitrogens with one attached hydrogen (secondary N) is 1. The Labute approximate surface area is 102 Å². The molecule has 2 nitrogen and oxygen atoms in total. The molecule has 16 heavy (non-hydrogen) atoms. The van der Waals surface area contributed by atoms with Gasteiger partial charge in [-0.2, -0.15) is 0 Å². The van der Waals surface area contributed by atoms with Crippen molar-refractivity contribution >= 4 is 0 Å². The molecule has 1 unspecified atom stereocenters. The van der Waals surface area contributed by atoms with E-state index in [1.54, 1.807) is 0 Å². The molecule has 0 aromatic carbocycles. The third kappa shape index (κ3) is 5.31. The maximum atomic E-state index is 3.44. The molecule has 96 valence electrons. The summed E-state index contributed by atoms with van der Waals surface area (Å²) in [4.78, 5) is 2.66. The van der Waals surface area contributed by atoms with Crippen LogP contribution in [0.25, 0.3) is 0 Å². The number of rotatable bonds is 5. The van der Waals surface area contributed by atoms with Gasteiger partial charge in [0.1, 0.15) is 0 Å². The second kappa shape index (κ2) is 6.61. The molecule has 1 aliphatic heterocycles. The van der Waals surface area contributed by atoms with Gasteiger partial charge in [0.05, 0.1) is 0 Å². The van der Waals surface area contributed by atoms with Crippen molar-refractivity contribution < 1.29 is 0 Å². The van der Waals surface area contributed by atoms with Crippen molar-refractivity contribution in [2.24, 2.45) is 11.3 Å². The van der Waals surface area contributed by atoms with Crippen LogP contribution in [0.5, 0.6) is 0 Å². The third-order valence-electron chi connectivity index (χ3n) is 3.75. The molecule has 0 radical (unpaired) electrons. The largest absolute Gasteiger partial charge is 0.317 e. The van der Waals surface area contributed by atoms with E-state index in [0.29, 0.717) is 5.41 Å². The first-order valence-electron chi connectivity index (χ1n) is 6.96. The maximum absolute atomic E-state index is 3.44. The smallest absolute Gasteiger partial charge is 0.00191 e. The van der Waals surface area contributed by atoms with Gasteiger partial charge in [-0.3, -0.25) is 0 Å². The van der Waals surface area contributed by atoms with Gasteiger partial charge in [-0.05, 0) is 56.8 Å². The van der Waals surface area contributed by atoms with Crippen molar-refractivity contribution in [2.45, 2.75) is 47.0 Å². The minimum Gasteiger partial charge on any atom is -0.317 e. The Hall–Kier alpha value is -0.0800. The highest BCUT2D eigenvalue weighted by Gasteiger charge is 2.23. The topological polar surface area (TPSA) is 15.3 Å². The highest BCUT2D eigenvalue weighted by molar-refractivity contribution is 4.77. The fraction of sp³-hybridized carbons (Fsp3) is 1.00. The van der Waals surface area contributed by atoms with E-state index in [-0.39, 0.29) is 0 Å². The van der Waals surface area contributed by atoms with Gasteiger partial charge in [0.15, 0.2) is 0 Å². The van der Waals surface area contributed by atoms with Gasteiger partial charge >= 0.3 is 0 Å². The predicted octanol–water partition coefficient (Wildman–Crippen LogP) is 2.74. The molecule has 2 heteroatoms. The van der Waals surface area contributed by atoms with Gasteiger partial charge in [0.25, 0.3) is 0 Å². The molecule has 1 N–H and O–H groups in total. The van der Waals surface area contributed by atoms with Crippen molar-refractivity contribution in [3.8, 4) is 0 Å². The second-order valence-electron chi connectivity index (χ2n) is 6.23. The van der Waals surface area contributed by atoms with Crippen molar-refractivity contribution in [3.63, 3.8) is 0 Å². The van der Waals surface area contributed by atoms with Crippen LogP contribution in [-0.4, -0.2) is 37.6 Å². The van der Waals surface area contributed by atoms with E-state index < -0.39 is 0 Å². The molecule has 0 amide bonds. The Balaban J connectivity index is 2.26. The lowest BCUT2D eigenvalue weighted by atomic mass is 9.85. The fourth-order valence-corrected chi connectivity index (χ4v) is 2.56. The summed E-state index contributed by atoms with van der Waals surface area (Å²) in [5, 5.41) is 3.44. The van der Waals surface area contributed by atoms with Crippen molar-refractivity contribution in [2.75, 3.05) is 32.7 Å². The zero-order valence-electron chi connectivity index (χ0n) is 11.7. The Bertz CT molecular complexity index is 189. The first-order chi connectivity index (χ1) is 7.53. The normalized spacial score (nSPS) is 24.0. The molecule has 0 spiro atoms. The third-order valence-corrected chi connectivity index (χ3v) is 3.75. The van der Waals surface area contributed by atoms with Gasteiger partial charge < -0.3 is 10.2 Å². The lowest BCUT2D eigenvalue weighted by molar-refractivity contribution is 0.231. The maximum Gasteiger partial charge on any atom is 0.00191 e. The SMILES string of the molecule is CCNCC(C)CN1CCCC(C)(C)CC1. The molecule has 0 bridgehead atoms. The van der Waals surface area contributed by atoms with Gasteiger partial charge in [-0.25, -0.2) is 0 Å². The molecule has 0 aliphatic carbocycles. The summed E-state index contributed by atoms with van der Waals surface area (Å²) in [6, 6.07) is 0. The molecule has 0 aromatic heterocycles. The van der Waals surface area contributed by atoms with E-state index in [4.69, 9.17) is 0 Å². The van der Waals surface area contributed by atoms with Crippen LogP contribution in [0.15, 0.2) is 0 Å². The van der Waals surface area contributed by atoms with Gasteiger partial charge in [-0.1, -0.05) is 27.7 Å². The van der Waals surface area contributed by atoms with Crippen molar-refractivity contribution in [1.82, 2.24) is 10.2 Å². The van der Waals surface area contributed by atoms with E-state index in [9.17, 15) is 0 Å². The lowest BCUT2D eigenvalue weighted by Crippen LogP contribution is -2.34. The van der Waals surface area contributed by atoms with E-state index >= 15 is 0 Å². The first-order valence-corrected chi connectivity index (χ1v) is 6.96. The van der Waals surface area contributed by atoms with Crippen LogP contribution in [-0.2, 0) is 0 Å². The highest BCUT2D eigenvalue weighted by Crippen LogP contribution is 2.29. The van der Waals surface area contributed by atoms with Crippen LogP contribution in [0, 0.1) is 11.3 Å². The molecule has 1 heterocycles.